The number of methoxy groups -OCH3 is 1. The molecule has 0 aliphatic carbocycles. The van der Waals surface area contributed by atoms with E-state index in [0.717, 1.165) is 0 Å². The zero-order valence-electron chi connectivity index (χ0n) is 10.5. The summed E-state index contributed by atoms with van der Waals surface area (Å²) < 4.78 is 9.75. The van der Waals surface area contributed by atoms with Crippen molar-refractivity contribution in [2.24, 2.45) is 0 Å². The monoisotopic (exact) mass is 248 g/mol. The average molecular weight is 248 g/mol. The quantitative estimate of drug-likeness (QED) is 0.335. The zero-order valence-corrected chi connectivity index (χ0v) is 10.5. The standard InChI is InChI=1S/C14H16O4/c1-3-18-14(16)10-12(17-2)9-13(15)11-7-5-4-6-8-11/h4-8,10H,3,9H2,1-2H3/b12-10-. The lowest BCUT2D eigenvalue weighted by molar-refractivity contribution is -0.137. The van der Waals surface area contributed by atoms with E-state index in [1.54, 1.807) is 31.2 Å². The second-order valence-electron chi connectivity index (χ2n) is 3.53. The first-order valence-electron chi connectivity index (χ1n) is 5.67. The van der Waals surface area contributed by atoms with Gasteiger partial charge in [0.15, 0.2) is 5.78 Å². The summed E-state index contributed by atoms with van der Waals surface area (Å²) in [6.45, 7) is 2.01. The second kappa shape index (κ2) is 7.27. The van der Waals surface area contributed by atoms with E-state index in [1.165, 1.54) is 13.2 Å². The maximum atomic E-state index is 11.9. The number of Topliss-reactive ketones (excluding diaryl/α,β-unsaturated/α-hetero) is 1. The van der Waals surface area contributed by atoms with Crippen molar-refractivity contribution in [3.63, 3.8) is 0 Å². The van der Waals surface area contributed by atoms with Crippen LogP contribution >= 0.6 is 0 Å². The zero-order chi connectivity index (χ0) is 13.4. The molecule has 0 heterocycles. The molecule has 1 aromatic rings. The van der Waals surface area contributed by atoms with Crippen molar-refractivity contribution >= 4 is 11.8 Å². The van der Waals surface area contributed by atoms with Gasteiger partial charge < -0.3 is 9.47 Å². The molecule has 0 aliphatic heterocycles. The molecule has 0 bridgehead atoms. The Morgan fingerprint density at radius 3 is 2.44 bits per heavy atom. The van der Waals surface area contributed by atoms with E-state index < -0.39 is 5.97 Å². The number of rotatable bonds is 6. The van der Waals surface area contributed by atoms with Crippen molar-refractivity contribution in [3.8, 4) is 0 Å². The van der Waals surface area contributed by atoms with E-state index >= 15 is 0 Å². The topological polar surface area (TPSA) is 52.6 Å². The van der Waals surface area contributed by atoms with E-state index in [4.69, 9.17) is 9.47 Å². The number of hydrogen-bond donors (Lipinski definition) is 0. The number of hydrogen-bond acceptors (Lipinski definition) is 4. The summed E-state index contributed by atoms with van der Waals surface area (Å²) in [6.07, 6.45) is 1.24. The lowest BCUT2D eigenvalue weighted by atomic mass is 10.1. The number of allylic oxidation sites excluding steroid dienone is 1. The highest BCUT2D eigenvalue weighted by Crippen LogP contribution is 2.10. The third-order valence-electron chi connectivity index (χ3n) is 2.26. The van der Waals surface area contributed by atoms with Gasteiger partial charge in [-0.1, -0.05) is 30.3 Å². The molecule has 0 saturated heterocycles. The Hall–Kier alpha value is -2.10. The van der Waals surface area contributed by atoms with Gasteiger partial charge in [0, 0.05) is 5.56 Å². The highest BCUT2D eigenvalue weighted by molar-refractivity contribution is 5.98. The molecule has 0 spiro atoms. The highest BCUT2D eigenvalue weighted by Gasteiger charge is 2.10. The number of ether oxygens (including phenoxy) is 2. The van der Waals surface area contributed by atoms with Gasteiger partial charge in [0.25, 0.3) is 0 Å². The summed E-state index contributed by atoms with van der Waals surface area (Å²) in [7, 11) is 1.42. The van der Waals surface area contributed by atoms with Gasteiger partial charge >= 0.3 is 5.97 Å². The van der Waals surface area contributed by atoms with Gasteiger partial charge in [-0.05, 0) is 6.92 Å². The molecular weight excluding hydrogens is 232 g/mol. The van der Waals surface area contributed by atoms with Crippen LogP contribution in [-0.4, -0.2) is 25.5 Å². The molecule has 0 radical (unpaired) electrons. The first-order chi connectivity index (χ1) is 8.67. The van der Waals surface area contributed by atoms with Crippen molar-refractivity contribution in [1.82, 2.24) is 0 Å². The maximum absolute atomic E-state index is 11.9. The third-order valence-corrected chi connectivity index (χ3v) is 2.26. The first-order valence-corrected chi connectivity index (χ1v) is 5.67. The largest absolute Gasteiger partial charge is 0.500 e. The van der Waals surface area contributed by atoms with Crippen LogP contribution in [0.4, 0.5) is 0 Å². The van der Waals surface area contributed by atoms with Crippen molar-refractivity contribution in [2.75, 3.05) is 13.7 Å². The Kier molecular flexibility index (Phi) is 5.64. The second-order valence-corrected chi connectivity index (χ2v) is 3.53. The van der Waals surface area contributed by atoms with Crippen LogP contribution in [0, 0.1) is 0 Å². The van der Waals surface area contributed by atoms with Crippen molar-refractivity contribution in [1.29, 1.82) is 0 Å². The Morgan fingerprint density at radius 2 is 1.89 bits per heavy atom. The summed E-state index contributed by atoms with van der Waals surface area (Å²) in [5.74, 6) is -0.314. The highest BCUT2D eigenvalue weighted by atomic mass is 16.5. The molecule has 0 fully saturated rings. The summed E-state index contributed by atoms with van der Waals surface area (Å²) in [5.41, 5.74) is 0.587. The van der Waals surface area contributed by atoms with Gasteiger partial charge in [0.1, 0.15) is 5.76 Å². The van der Waals surface area contributed by atoms with Gasteiger partial charge in [-0.25, -0.2) is 4.79 Å². The first kappa shape index (κ1) is 14.0. The molecular formula is C14H16O4. The van der Waals surface area contributed by atoms with Crippen molar-refractivity contribution in [3.05, 3.63) is 47.7 Å². The summed E-state index contributed by atoms with van der Waals surface area (Å²) in [5, 5.41) is 0. The van der Waals surface area contributed by atoms with Crippen LogP contribution < -0.4 is 0 Å². The van der Waals surface area contributed by atoms with Gasteiger partial charge in [0.05, 0.1) is 26.2 Å². The molecule has 0 atom stereocenters. The van der Waals surface area contributed by atoms with E-state index in [-0.39, 0.29) is 12.2 Å². The Bertz CT molecular complexity index is 434. The Morgan fingerprint density at radius 1 is 1.22 bits per heavy atom. The molecule has 0 amide bonds. The van der Waals surface area contributed by atoms with Crippen LogP contribution in [0.3, 0.4) is 0 Å². The number of carbonyl (C=O) groups excluding carboxylic acids is 2. The fraction of sp³-hybridized carbons (Fsp3) is 0.286. The predicted molar refractivity (Wildman–Crippen MR) is 67.1 cm³/mol. The summed E-state index contributed by atoms with van der Waals surface area (Å²) in [6, 6.07) is 8.85. The Balaban J connectivity index is 2.69. The van der Waals surface area contributed by atoms with E-state index in [0.29, 0.717) is 17.9 Å². The number of carbonyl (C=O) groups is 2. The SMILES string of the molecule is CCOC(=O)/C=C(/CC(=O)c1ccccc1)OC. The smallest absolute Gasteiger partial charge is 0.334 e. The third kappa shape index (κ3) is 4.41. The van der Waals surface area contributed by atoms with Crippen molar-refractivity contribution < 1.29 is 19.1 Å². The predicted octanol–water partition coefficient (Wildman–Crippen LogP) is 2.35. The lowest BCUT2D eigenvalue weighted by Crippen LogP contribution is -2.06. The number of ketones is 1. The number of benzene rings is 1. The summed E-state index contributed by atoms with van der Waals surface area (Å²) >= 11 is 0. The van der Waals surface area contributed by atoms with E-state index in [9.17, 15) is 9.59 Å². The van der Waals surface area contributed by atoms with Crippen LogP contribution in [0.2, 0.25) is 0 Å². The molecule has 4 nitrogen and oxygen atoms in total. The molecule has 18 heavy (non-hydrogen) atoms. The average Bonchev–Trinajstić information content (AvgIpc) is 2.39. The fourth-order valence-electron chi connectivity index (χ4n) is 1.38. The van der Waals surface area contributed by atoms with Gasteiger partial charge in [-0.3, -0.25) is 4.79 Å². The van der Waals surface area contributed by atoms with Gasteiger partial charge in [-0.2, -0.15) is 0 Å². The van der Waals surface area contributed by atoms with Crippen LogP contribution in [0.5, 0.6) is 0 Å². The fourth-order valence-corrected chi connectivity index (χ4v) is 1.38. The van der Waals surface area contributed by atoms with Gasteiger partial charge in [0.2, 0.25) is 0 Å². The van der Waals surface area contributed by atoms with E-state index in [1.807, 2.05) is 6.07 Å². The molecule has 0 aliphatic rings. The molecule has 1 rings (SSSR count). The van der Waals surface area contributed by atoms with Crippen LogP contribution in [-0.2, 0) is 14.3 Å². The Labute approximate surface area is 106 Å². The van der Waals surface area contributed by atoms with Crippen LogP contribution in [0.1, 0.15) is 23.7 Å². The molecule has 0 saturated carbocycles. The normalized spacial score (nSPS) is 10.9. The minimum atomic E-state index is -0.504. The molecule has 0 N–H and O–H groups in total. The molecule has 4 heteroatoms. The summed E-state index contributed by atoms with van der Waals surface area (Å²) in [4.78, 5) is 23.1. The molecule has 0 aromatic heterocycles. The minimum Gasteiger partial charge on any atom is -0.500 e. The minimum absolute atomic E-state index is 0.0410. The van der Waals surface area contributed by atoms with Crippen LogP contribution in [0.25, 0.3) is 0 Å². The van der Waals surface area contributed by atoms with E-state index in [2.05, 4.69) is 0 Å². The van der Waals surface area contributed by atoms with Crippen molar-refractivity contribution in [2.45, 2.75) is 13.3 Å². The maximum Gasteiger partial charge on any atom is 0.334 e. The number of esters is 1. The molecule has 0 unspecified atom stereocenters. The lowest BCUT2D eigenvalue weighted by Gasteiger charge is -2.05. The van der Waals surface area contributed by atoms with Crippen LogP contribution in [0.15, 0.2) is 42.2 Å². The van der Waals surface area contributed by atoms with Gasteiger partial charge in [-0.15, -0.1) is 0 Å². The molecule has 96 valence electrons. The molecule has 1 aromatic carbocycles.